The van der Waals surface area contributed by atoms with Gasteiger partial charge >= 0.3 is 12.1 Å². The van der Waals surface area contributed by atoms with E-state index in [9.17, 15) is 19.2 Å². The molecule has 3 amide bonds. The zero-order valence-electron chi connectivity index (χ0n) is 29.8. The van der Waals surface area contributed by atoms with Crippen LogP contribution in [0.3, 0.4) is 0 Å². The fourth-order valence-corrected chi connectivity index (χ4v) is 5.16. The first-order valence-electron chi connectivity index (χ1n) is 16.1. The van der Waals surface area contributed by atoms with E-state index < -0.39 is 59.2 Å². The molecule has 0 saturated heterocycles. The van der Waals surface area contributed by atoms with Crippen LogP contribution in [0, 0.1) is 19.8 Å². The maximum Gasteiger partial charge on any atom is 0.408 e. The summed E-state index contributed by atoms with van der Waals surface area (Å²) in [5.41, 5.74) is 1.73. The van der Waals surface area contributed by atoms with Crippen molar-refractivity contribution in [2.75, 3.05) is 0 Å². The average molecular weight is 638 g/mol. The smallest absolute Gasteiger partial charge is 0.408 e. The summed E-state index contributed by atoms with van der Waals surface area (Å²) in [5.74, 6) is -1.47. The van der Waals surface area contributed by atoms with Crippen LogP contribution in [0.5, 0.6) is 0 Å². The number of nitrogens with one attached hydrogen (secondary N) is 2. The third kappa shape index (κ3) is 11.8. The second-order valence-electron chi connectivity index (χ2n) is 14.6. The highest BCUT2D eigenvalue weighted by Crippen LogP contribution is 2.30. The van der Waals surface area contributed by atoms with Gasteiger partial charge in [0.2, 0.25) is 11.8 Å². The summed E-state index contributed by atoms with van der Waals surface area (Å²) in [6.45, 7) is 22.0. The van der Waals surface area contributed by atoms with Crippen molar-refractivity contribution in [3.05, 3.63) is 70.8 Å². The van der Waals surface area contributed by atoms with Crippen LogP contribution < -0.4 is 10.6 Å². The Morgan fingerprint density at radius 2 is 1.35 bits per heavy atom. The normalized spacial score (nSPS) is 13.9. The Hall–Kier alpha value is -3.88. The van der Waals surface area contributed by atoms with E-state index in [1.54, 1.807) is 41.5 Å². The first-order chi connectivity index (χ1) is 21.2. The van der Waals surface area contributed by atoms with Crippen molar-refractivity contribution in [2.24, 2.45) is 5.92 Å². The lowest BCUT2D eigenvalue weighted by Gasteiger charge is -2.38. The van der Waals surface area contributed by atoms with Crippen molar-refractivity contribution >= 4 is 23.9 Å². The maximum atomic E-state index is 14.6. The van der Waals surface area contributed by atoms with E-state index in [0.717, 1.165) is 16.7 Å². The van der Waals surface area contributed by atoms with Crippen molar-refractivity contribution in [3.63, 3.8) is 0 Å². The molecule has 254 valence electrons. The van der Waals surface area contributed by atoms with Gasteiger partial charge in [0, 0.05) is 12.5 Å². The number of hydrogen-bond donors (Lipinski definition) is 2. The maximum absolute atomic E-state index is 14.6. The zero-order chi connectivity index (χ0) is 35.0. The molecule has 3 atom stereocenters. The van der Waals surface area contributed by atoms with Crippen LogP contribution >= 0.6 is 0 Å². The summed E-state index contributed by atoms with van der Waals surface area (Å²) in [7, 11) is 0. The summed E-state index contributed by atoms with van der Waals surface area (Å²) in [4.78, 5) is 57.0. The van der Waals surface area contributed by atoms with Crippen LogP contribution in [0.1, 0.15) is 104 Å². The van der Waals surface area contributed by atoms with Crippen molar-refractivity contribution in [1.29, 1.82) is 0 Å². The number of ether oxygens (including phenoxy) is 2. The van der Waals surface area contributed by atoms with Crippen LogP contribution in [0.15, 0.2) is 48.5 Å². The van der Waals surface area contributed by atoms with Gasteiger partial charge in [-0.25, -0.2) is 9.59 Å². The van der Waals surface area contributed by atoms with Crippen molar-refractivity contribution < 1.29 is 28.7 Å². The Kier molecular flexibility index (Phi) is 13.4. The molecule has 9 heteroatoms. The largest absolute Gasteiger partial charge is 0.458 e. The molecular formula is C37H55N3O6. The molecule has 0 radical (unpaired) electrons. The first kappa shape index (κ1) is 38.3. The molecule has 9 nitrogen and oxygen atoms in total. The highest BCUT2D eigenvalue weighted by atomic mass is 16.6. The number of amides is 3. The van der Waals surface area contributed by atoms with Gasteiger partial charge in [0.25, 0.3) is 0 Å². The molecule has 2 aromatic carbocycles. The molecule has 46 heavy (non-hydrogen) atoms. The third-order valence-electron chi connectivity index (χ3n) is 7.27. The zero-order valence-corrected chi connectivity index (χ0v) is 29.8. The predicted molar refractivity (Wildman–Crippen MR) is 181 cm³/mol. The van der Waals surface area contributed by atoms with E-state index >= 15 is 0 Å². The molecule has 0 aliphatic carbocycles. The lowest BCUT2D eigenvalue weighted by Crippen LogP contribution is -2.57. The number of rotatable bonds is 12. The van der Waals surface area contributed by atoms with E-state index in [0.29, 0.717) is 12.0 Å². The molecule has 2 N–H and O–H groups in total. The molecule has 0 spiro atoms. The molecule has 0 heterocycles. The molecule has 3 unspecified atom stereocenters. The Morgan fingerprint density at radius 1 is 0.761 bits per heavy atom. The van der Waals surface area contributed by atoms with Gasteiger partial charge in [-0.05, 0) is 104 Å². The first-order valence-corrected chi connectivity index (χ1v) is 16.1. The lowest BCUT2D eigenvalue weighted by atomic mass is 9.93. The Balaban J connectivity index is 2.65. The van der Waals surface area contributed by atoms with Gasteiger partial charge in [0.15, 0.2) is 0 Å². The summed E-state index contributed by atoms with van der Waals surface area (Å²) in [6.07, 6.45) is -0.181. The average Bonchev–Trinajstić information content (AvgIpc) is 2.90. The van der Waals surface area contributed by atoms with E-state index in [4.69, 9.17) is 9.47 Å². The number of benzene rings is 2. The molecule has 0 saturated carbocycles. The van der Waals surface area contributed by atoms with Gasteiger partial charge < -0.3 is 25.0 Å². The standard InChI is InChI=1S/C37H55N3O6/c1-23(2)21-29(39-35(44)46-37(10,11)12)33(42)40(24(3)4)31(28-20-16-17-25(5)26(28)6)32(41)38-30(34(43)45-36(7,8)9)22-27-18-14-13-15-19-27/h13-20,23-24,29-31H,21-22H2,1-12H3,(H,38,41)(H,39,44). The second kappa shape index (κ2) is 16.1. The highest BCUT2D eigenvalue weighted by molar-refractivity contribution is 5.94. The Bertz CT molecular complexity index is 1340. The van der Waals surface area contributed by atoms with E-state index in [-0.39, 0.29) is 12.3 Å². The summed E-state index contributed by atoms with van der Waals surface area (Å²) in [6, 6.07) is 11.5. The quantitative estimate of drug-likeness (QED) is 0.254. The number of alkyl carbamates (subject to hydrolysis) is 1. The van der Waals surface area contributed by atoms with Gasteiger partial charge in [-0.3, -0.25) is 9.59 Å². The monoisotopic (exact) mass is 637 g/mol. The van der Waals surface area contributed by atoms with Gasteiger partial charge in [-0.2, -0.15) is 0 Å². The molecule has 2 aromatic rings. The fourth-order valence-electron chi connectivity index (χ4n) is 5.16. The number of carbonyl (C=O) groups excluding carboxylic acids is 4. The molecule has 0 fully saturated rings. The summed E-state index contributed by atoms with van der Waals surface area (Å²) in [5, 5.41) is 5.73. The van der Waals surface area contributed by atoms with Crippen molar-refractivity contribution in [3.8, 4) is 0 Å². The number of carbonyl (C=O) groups is 4. The number of esters is 1. The molecule has 0 bridgehead atoms. The van der Waals surface area contributed by atoms with Crippen LogP contribution in [-0.2, 0) is 30.3 Å². The molecule has 0 aliphatic rings. The number of nitrogens with zero attached hydrogens (tertiary/aromatic N) is 1. The molecular weight excluding hydrogens is 582 g/mol. The summed E-state index contributed by atoms with van der Waals surface area (Å²) >= 11 is 0. The third-order valence-corrected chi connectivity index (χ3v) is 7.27. The van der Waals surface area contributed by atoms with E-state index in [2.05, 4.69) is 10.6 Å². The topological polar surface area (TPSA) is 114 Å². The van der Waals surface area contributed by atoms with Crippen molar-refractivity contribution in [1.82, 2.24) is 15.5 Å². The highest BCUT2D eigenvalue weighted by Gasteiger charge is 2.40. The van der Waals surface area contributed by atoms with Crippen molar-refractivity contribution in [2.45, 2.75) is 131 Å². The fraction of sp³-hybridized carbons (Fsp3) is 0.568. The predicted octanol–water partition coefficient (Wildman–Crippen LogP) is 6.59. The minimum atomic E-state index is -1.11. The minimum Gasteiger partial charge on any atom is -0.458 e. The van der Waals surface area contributed by atoms with Crippen LogP contribution in [0.2, 0.25) is 0 Å². The Labute approximate surface area is 275 Å². The van der Waals surface area contributed by atoms with Crippen LogP contribution in [0.25, 0.3) is 0 Å². The summed E-state index contributed by atoms with van der Waals surface area (Å²) < 4.78 is 11.2. The minimum absolute atomic E-state index is 0.0494. The second-order valence-corrected chi connectivity index (χ2v) is 14.6. The van der Waals surface area contributed by atoms with Gasteiger partial charge in [0.05, 0.1) is 0 Å². The van der Waals surface area contributed by atoms with Gasteiger partial charge in [-0.15, -0.1) is 0 Å². The number of hydrogen-bond acceptors (Lipinski definition) is 6. The van der Waals surface area contributed by atoms with E-state index in [1.807, 2.05) is 90.1 Å². The van der Waals surface area contributed by atoms with Gasteiger partial charge in [-0.1, -0.05) is 62.4 Å². The molecule has 2 rings (SSSR count). The van der Waals surface area contributed by atoms with Crippen LogP contribution in [-0.4, -0.2) is 58.1 Å². The van der Waals surface area contributed by atoms with E-state index in [1.165, 1.54) is 4.90 Å². The lowest BCUT2D eigenvalue weighted by molar-refractivity contribution is -0.159. The Morgan fingerprint density at radius 3 is 1.87 bits per heavy atom. The van der Waals surface area contributed by atoms with Crippen LogP contribution in [0.4, 0.5) is 4.79 Å². The van der Waals surface area contributed by atoms with Gasteiger partial charge in [0.1, 0.15) is 29.3 Å². The SMILES string of the molecule is Cc1cccc(C(C(=O)NC(Cc2ccccc2)C(=O)OC(C)(C)C)N(C(=O)C(CC(C)C)NC(=O)OC(C)(C)C)C(C)C)c1C. The molecule has 0 aliphatic heterocycles. The number of aryl methyl sites for hydroxylation is 1. The molecule has 0 aromatic heterocycles.